The van der Waals surface area contributed by atoms with Gasteiger partial charge in [0, 0.05) is 59.6 Å². The fourth-order valence-corrected chi connectivity index (χ4v) is 6.53. The van der Waals surface area contributed by atoms with Crippen molar-refractivity contribution in [3.8, 4) is 45.5 Å². The number of hydrogen-bond acceptors (Lipinski definition) is 12. The Morgan fingerprint density at radius 3 is 2.50 bits per heavy atom. The minimum Gasteiger partial charge on any atom is -0.493 e. The van der Waals surface area contributed by atoms with Gasteiger partial charge in [-0.2, -0.15) is 4.99 Å². The molecule has 0 spiro atoms. The molecule has 0 bridgehead atoms. The maximum atomic E-state index is 13.1. The first-order chi connectivity index (χ1) is 24.1. The van der Waals surface area contributed by atoms with Crippen LogP contribution in [-0.4, -0.2) is 75.4 Å². The smallest absolute Gasteiger partial charge is 0.332 e. The second-order valence-electron chi connectivity index (χ2n) is 11.7. The normalized spacial score (nSPS) is 14.5. The SMILES string of the molecule is COc1cc(-c2ccc3c(c2NC(=O)NS(=O)(=O)CCOC(C)C)CC(COc2cc(-c4ccc5c(c4N=C=O)CCO5)ccn2)O3)ccn1. The number of aliphatic imine (C=N–C) groups is 1. The quantitative estimate of drug-likeness (QED) is 0.142. The summed E-state index contributed by atoms with van der Waals surface area (Å²) in [5.41, 5.74) is 5.13. The number of urea groups is 1. The van der Waals surface area contributed by atoms with Crippen LogP contribution in [0.4, 0.5) is 16.2 Å². The van der Waals surface area contributed by atoms with E-state index < -0.39 is 22.2 Å². The van der Waals surface area contributed by atoms with Crippen molar-refractivity contribution in [3.05, 3.63) is 72.1 Å². The molecule has 1 unspecified atom stereocenters. The molecule has 4 aromatic rings. The van der Waals surface area contributed by atoms with Gasteiger partial charge in [0.25, 0.3) is 0 Å². The Morgan fingerprint density at radius 1 is 1.02 bits per heavy atom. The number of methoxy groups -OCH3 is 1. The van der Waals surface area contributed by atoms with Crippen molar-refractivity contribution >= 4 is 33.5 Å². The fourth-order valence-electron chi connectivity index (χ4n) is 5.78. The molecule has 6 rings (SSSR count). The number of hydrogen-bond donors (Lipinski definition) is 2. The second-order valence-corrected chi connectivity index (χ2v) is 13.6. The summed E-state index contributed by atoms with van der Waals surface area (Å²) in [5.74, 6) is 1.51. The molecule has 2 amide bonds. The highest BCUT2D eigenvalue weighted by molar-refractivity contribution is 7.90. The summed E-state index contributed by atoms with van der Waals surface area (Å²) in [6.45, 7) is 4.14. The number of anilines is 1. The zero-order valence-corrected chi connectivity index (χ0v) is 28.4. The van der Waals surface area contributed by atoms with Crippen LogP contribution in [-0.2, 0) is 32.4 Å². The third-order valence-corrected chi connectivity index (χ3v) is 9.21. The summed E-state index contributed by atoms with van der Waals surface area (Å²) in [4.78, 5) is 36.9. The van der Waals surface area contributed by atoms with Crippen LogP contribution in [0.2, 0.25) is 0 Å². The lowest BCUT2D eigenvalue weighted by Gasteiger charge is -2.16. The van der Waals surface area contributed by atoms with Crippen LogP contribution in [0, 0.1) is 0 Å². The molecule has 2 aromatic carbocycles. The van der Waals surface area contributed by atoms with Crippen molar-refractivity contribution in [2.75, 3.05) is 38.0 Å². The van der Waals surface area contributed by atoms with E-state index in [1.54, 1.807) is 68.7 Å². The van der Waals surface area contributed by atoms with Gasteiger partial charge >= 0.3 is 6.03 Å². The van der Waals surface area contributed by atoms with Crippen LogP contribution in [0.5, 0.6) is 23.3 Å². The molecule has 14 nitrogen and oxygen atoms in total. The number of aromatic nitrogens is 2. The number of rotatable bonds is 13. The number of amides is 2. The Balaban J connectivity index is 1.21. The summed E-state index contributed by atoms with van der Waals surface area (Å²) < 4.78 is 55.9. The molecule has 260 valence electrons. The van der Waals surface area contributed by atoms with Gasteiger partial charge in [-0.05, 0) is 61.4 Å². The van der Waals surface area contributed by atoms with Crippen molar-refractivity contribution < 1.29 is 41.7 Å². The van der Waals surface area contributed by atoms with Crippen molar-refractivity contribution in [1.82, 2.24) is 14.7 Å². The summed E-state index contributed by atoms with van der Waals surface area (Å²) in [6.07, 6.45) is 5.17. The number of carbonyl (C=O) groups excluding carboxylic acids is 2. The first kappa shape index (κ1) is 34.4. The number of nitrogens with zero attached hydrogens (tertiary/aromatic N) is 3. The minimum absolute atomic E-state index is 0.0630. The number of benzene rings is 2. The van der Waals surface area contributed by atoms with Gasteiger partial charge in [-0.1, -0.05) is 0 Å². The molecule has 0 saturated heterocycles. The molecule has 0 radical (unpaired) electrons. The third kappa shape index (κ3) is 7.86. The first-order valence-corrected chi connectivity index (χ1v) is 17.5. The number of ether oxygens (including phenoxy) is 5. The number of carbonyl (C=O) groups is 1. The monoisotopic (exact) mass is 701 g/mol. The van der Waals surface area contributed by atoms with E-state index >= 15 is 0 Å². The highest BCUT2D eigenvalue weighted by Crippen LogP contribution is 2.43. The molecule has 1 atom stereocenters. The van der Waals surface area contributed by atoms with Gasteiger partial charge in [0.15, 0.2) is 0 Å². The number of nitrogens with one attached hydrogen (secondary N) is 2. The van der Waals surface area contributed by atoms with Crippen molar-refractivity contribution in [2.24, 2.45) is 4.99 Å². The summed E-state index contributed by atoms with van der Waals surface area (Å²) in [7, 11) is -2.49. The van der Waals surface area contributed by atoms with Crippen LogP contribution in [0.3, 0.4) is 0 Å². The zero-order chi connectivity index (χ0) is 35.3. The second kappa shape index (κ2) is 14.9. The minimum atomic E-state index is -3.99. The molecule has 2 N–H and O–H groups in total. The van der Waals surface area contributed by atoms with Crippen LogP contribution in [0.25, 0.3) is 22.3 Å². The fraction of sp³-hybridized carbons (Fsp3) is 0.314. The maximum absolute atomic E-state index is 13.1. The molecule has 4 heterocycles. The van der Waals surface area contributed by atoms with E-state index in [1.165, 1.54) is 7.11 Å². The van der Waals surface area contributed by atoms with Crippen molar-refractivity contribution in [2.45, 2.75) is 38.9 Å². The average molecular weight is 702 g/mol. The van der Waals surface area contributed by atoms with Crippen LogP contribution in [0.15, 0.2) is 65.9 Å². The lowest BCUT2D eigenvalue weighted by atomic mass is 9.98. The Labute approximate surface area is 288 Å². The molecular weight excluding hydrogens is 666 g/mol. The molecule has 2 aromatic heterocycles. The van der Waals surface area contributed by atoms with Crippen molar-refractivity contribution in [1.29, 1.82) is 0 Å². The summed E-state index contributed by atoms with van der Waals surface area (Å²) in [5, 5.41) is 2.75. The van der Waals surface area contributed by atoms with Gasteiger partial charge < -0.3 is 29.0 Å². The van der Waals surface area contributed by atoms with E-state index in [9.17, 15) is 18.0 Å². The highest BCUT2D eigenvalue weighted by atomic mass is 32.2. The number of sulfonamides is 1. The lowest BCUT2D eigenvalue weighted by Crippen LogP contribution is -2.37. The summed E-state index contributed by atoms with van der Waals surface area (Å²) in [6, 6.07) is 13.3. The van der Waals surface area contributed by atoms with Crippen LogP contribution >= 0.6 is 0 Å². The Bertz CT molecular complexity index is 2070. The molecule has 50 heavy (non-hydrogen) atoms. The highest BCUT2D eigenvalue weighted by Gasteiger charge is 2.30. The van der Waals surface area contributed by atoms with Gasteiger partial charge in [-0.25, -0.2) is 32.7 Å². The predicted octanol–water partition coefficient (Wildman–Crippen LogP) is 4.98. The van der Waals surface area contributed by atoms with Crippen LogP contribution in [0.1, 0.15) is 25.0 Å². The molecule has 0 fully saturated rings. The standard InChI is InChI=1S/C35H35N5O9S/c1-21(2)46-14-15-50(43,44)40-35(42)39-34-26(22-8-11-36-31(16-22)45-3)5-7-30-28(34)18-24(49-30)19-48-32-17-23(9-12-37-32)25-4-6-29-27(10-13-47-29)33(25)38-20-41/h4-9,11-12,16-17,21,24H,10,13-15,18-19H2,1-3H3,(H2,39,40,42). The topological polar surface area (TPSA) is 177 Å². The van der Waals surface area contributed by atoms with E-state index in [4.69, 9.17) is 23.7 Å². The van der Waals surface area contributed by atoms with E-state index in [-0.39, 0.29) is 25.1 Å². The Hall–Kier alpha value is -5.50. The number of pyridine rings is 2. The predicted molar refractivity (Wildman–Crippen MR) is 184 cm³/mol. The number of isocyanates is 1. The third-order valence-electron chi connectivity index (χ3n) is 8.01. The van der Waals surface area contributed by atoms with Gasteiger partial charge in [-0.3, -0.25) is 0 Å². The molecular formula is C35H35N5O9S. The van der Waals surface area contributed by atoms with Gasteiger partial charge in [0.2, 0.25) is 27.9 Å². The zero-order valence-electron chi connectivity index (χ0n) is 27.6. The molecule has 0 aliphatic carbocycles. The van der Waals surface area contributed by atoms with E-state index in [2.05, 4.69) is 25.0 Å². The summed E-state index contributed by atoms with van der Waals surface area (Å²) >= 11 is 0. The van der Waals surface area contributed by atoms with Gasteiger partial charge in [0.05, 0.1) is 43.6 Å². The molecule has 2 aliphatic heterocycles. The lowest BCUT2D eigenvalue weighted by molar-refractivity contribution is 0.0912. The molecule has 2 aliphatic rings. The van der Waals surface area contributed by atoms with E-state index in [0.717, 1.165) is 16.7 Å². The largest absolute Gasteiger partial charge is 0.493 e. The number of fused-ring (bicyclic) bond motifs is 2. The maximum Gasteiger partial charge on any atom is 0.332 e. The van der Waals surface area contributed by atoms with Crippen molar-refractivity contribution in [3.63, 3.8) is 0 Å². The van der Waals surface area contributed by atoms with Gasteiger partial charge in [0.1, 0.15) is 24.2 Å². The Kier molecular flexibility index (Phi) is 10.3. The van der Waals surface area contributed by atoms with E-state index in [0.29, 0.717) is 70.8 Å². The van der Waals surface area contributed by atoms with Crippen LogP contribution < -0.4 is 29.0 Å². The van der Waals surface area contributed by atoms with E-state index in [1.807, 2.05) is 12.1 Å². The Morgan fingerprint density at radius 2 is 1.74 bits per heavy atom. The average Bonchev–Trinajstić information content (AvgIpc) is 3.75. The molecule has 0 saturated carbocycles. The first-order valence-electron chi connectivity index (χ1n) is 15.9. The molecule has 15 heteroatoms. The van der Waals surface area contributed by atoms with Gasteiger partial charge in [-0.15, -0.1) is 0 Å².